The summed E-state index contributed by atoms with van der Waals surface area (Å²) < 4.78 is 14.5. The number of halogens is 1. The van der Waals surface area contributed by atoms with Gasteiger partial charge in [0.15, 0.2) is 0 Å². The molecule has 0 aromatic heterocycles. The van der Waals surface area contributed by atoms with Gasteiger partial charge in [-0.15, -0.1) is 0 Å². The van der Waals surface area contributed by atoms with E-state index in [0.717, 1.165) is 0 Å². The third-order valence-corrected chi connectivity index (χ3v) is 4.35. The summed E-state index contributed by atoms with van der Waals surface area (Å²) in [6.45, 7) is 4.11. The Hall–Kier alpha value is -2.95. The van der Waals surface area contributed by atoms with E-state index in [1.54, 1.807) is 42.5 Å². The van der Waals surface area contributed by atoms with E-state index in [1.165, 1.54) is 17.0 Å². The van der Waals surface area contributed by atoms with E-state index in [1.807, 2.05) is 13.8 Å². The molecule has 0 aliphatic carbocycles. The Kier molecular flexibility index (Phi) is 4.89. The van der Waals surface area contributed by atoms with Gasteiger partial charge in [-0.05, 0) is 12.0 Å². The van der Waals surface area contributed by atoms with E-state index in [9.17, 15) is 19.1 Å². The molecule has 0 saturated carbocycles. The number of rotatable bonds is 4. The van der Waals surface area contributed by atoms with E-state index in [4.69, 9.17) is 0 Å². The maximum Gasteiger partial charge on any atom is 0.295 e. The predicted molar refractivity (Wildman–Crippen MR) is 96.7 cm³/mol. The van der Waals surface area contributed by atoms with Gasteiger partial charge in [0.1, 0.15) is 11.6 Å². The van der Waals surface area contributed by atoms with E-state index < -0.39 is 23.5 Å². The zero-order valence-corrected chi connectivity index (χ0v) is 14.6. The number of benzene rings is 2. The Morgan fingerprint density at radius 1 is 1.08 bits per heavy atom. The van der Waals surface area contributed by atoms with Crippen molar-refractivity contribution in [3.8, 4) is 0 Å². The van der Waals surface area contributed by atoms with Crippen molar-refractivity contribution in [3.05, 3.63) is 77.1 Å². The largest absolute Gasteiger partial charge is 0.507 e. The van der Waals surface area contributed by atoms with Crippen LogP contribution in [0.25, 0.3) is 5.76 Å². The minimum atomic E-state index is -0.946. The molecule has 1 aliphatic rings. The maximum absolute atomic E-state index is 14.5. The Morgan fingerprint density at radius 3 is 2.31 bits per heavy atom. The number of aliphatic hydroxyl groups is 1. The molecule has 0 spiro atoms. The molecule has 1 atom stereocenters. The summed E-state index contributed by atoms with van der Waals surface area (Å²) in [5.74, 6) is -2.24. The molecule has 0 radical (unpaired) electrons. The Balaban J connectivity index is 2.22. The normalized spacial score (nSPS) is 19.4. The minimum absolute atomic E-state index is 0.0769. The number of hydrogen-bond acceptors (Lipinski definition) is 3. The van der Waals surface area contributed by atoms with Crippen LogP contribution < -0.4 is 0 Å². The number of amides is 1. The van der Waals surface area contributed by atoms with Crippen molar-refractivity contribution in [2.75, 3.05) is 6.54 Å². The fraction of sp³-hybridized carbons (Fsp3) is 0.238. The lowest BCUT2D eigenvalue weighted by atomic mass is 9.94. The molecule has 2 aromatic carbocycles. The molecular weight excluding hydrogens is 333 g/mol. The lowest BCUT2D eigenvalue weighted by molar-refractivity contribution is -0.140. The van der Waals surface area contributed by atoms with Crippen LogP contribution in [0.15, 0.2) is 60.2 Å². The van der Waals surface area contributed by atoms with Gasteiger partial charge in [-0.25, -0.2) is 4.39 Å². The van der Waals surface area contributed by atoms with Crippen molar-refractivity contribution in [1.29, 1.82) is 0 Å². The molecule has 1 aliphatic heterocycles. The first-order valence-electron chi connectivity index (χ1n) is 8.50. The number of ketones is 1. The molecule has 0 unspecified atom stereocenters. The molecule has 0 bridgehead atoms. The number of carbonyl (C=O) groups is 2. The highest BCUT2D eigenvalue weighted by Crippen LogP contribution is 2.40. The van der Waals surface area contributed by atoms with Crippen LogP contribution in [-0.2, 0) is 9.59 Å². The highest BCUT2D eigenvalue weighted by Gasteiger charge is 2.46. The average molecular weight is 353 g/mol. The van der Waals surface area contributed by atoms with Gasteiger partial charge in [0, 0.05) is 17.7 Å². The summed E-state index contributed by atoms with van der Waals surface area (Å²) in [4.78, 5) is 26.6. The van der Waals surface area contributed by atoms with E-state index in [2.05, 4.69) is 0 Å². The minimum Gasteiger partial charge on any atom is -0.507 e. The van der Waals surface area contributed by atoms with Crippen molar-refractivity contribution in [2.24, 2.45) is 5.92 Å². The van der Waals surface area contributed by atoms with Crippen molar-refractivity contribution >= 4 is 17.4 Å². The molecule has 4 nitrogen and oxygen atoms in total. The van der Waals surface area contributed by atoms with Gasteiger partial charge in [-0.3, -0.25) is 9.59 Å². The highest BCUT2D eigenvalue weighted by atomic mass is 19.1. The average Bonchev–Trinajstić information content (AvgIpc) is 2.87. The molecule has 1 amide bonds. The van der Waals surface area contributed by atoms with E-state index >= 15 is 0 Å². The first kappa shape index (κ1) is 17.9. The van der Waals surface area contributed by atoms with Crippen LogP contribution in [0.3, 0.4) is 0 Å². The van der Waals surface area contributed by atoms with Crippen molar-refractivity contribution in [2.45, 2.75) is 19.9 Å². The van der Waals surface area contributed by atoms with Gasteiger partial charge in [0.25, 0.3) is 11.7 Å². The molecular formula is C21H20FNO3. The standard InChI is InChI=1S/C21H20FNO3/c1-13(2)12-23-18(15-10-6-7-11-16(15)22)17(20(25)21(23)26)19(24)14-8-4-3-5-9-14/h3-11,13,18,24H,12H2,1-2H3/t18-/m1/s1. The predicted octanol–water partition coefficient (Wildman–Crippen LogP) is 3.90. The lowest BCUT2D eigenvalue weighted by Gasteiger charge is -2.27. The first-order chi connectivity index (χ1) is 12.4. The van der Waals surface area contributed by atoms with Gasteiger partial charge in [-0.2, -0.15) is 0 Å². The zero-order chi connectivity index (χ0) is 18.8. The van der Waals surface area contributed by atoms with Gasteiger partial charge in [0.2, 0.25) is 0 Å². The number of likely N-dealkylation sites (tertiary alicyclic amines) is 1. The number of hydrogen-bond donors (Lipinski definition) is 1. The van der Waals surface area contributed by atoms with Crippen LogP contribution in [0.5, 0.6) is 0 Å². The molecule has 134 valence electrons. The monoisotopic (exact) mass is 353 g/mol. The molecule has 5 heteroatoms. The molecule has 3 rings (SSSR count). The summed E-state index contributed by atoms with van der Waals surface area (Å²) in [6.07, 6.45) is 0. The fourth-order valence-electron chi connectivity index (χ4n) is 3.23. The number of nitrogens with zero attached hydrogens (tertiary/aromatic N) is 1. The van der Waals surface area contributed by atoms with Crippen molar-refractivity contribution in [1.82, 2.24) is 4.90 Å². The number of aliphatic hydroxyl groups excluding tert-OH is 1. The van der Waals surface area contributed by atoms with E-state index in [0.29, 0.717) is 5.56 Å². The van der Waals surface area contributed by atoms with Gasteiger partial charge in [0.05, 0.1) is 11.6 Å². The van der Waals surface area contributed by atoms with Crippen LogP contribution in [0.1, 0.15) is 31.0 Å². The Morgan fingerprint density at radius 2 is 1.69 bits per heavy atom. The van der Waals surface area contributed by atoms with Gasteiger partial charge in [-0.1, -0.05) is 62.4 Å². The summed E-state index contributed by atoms with van der Waals surface area (Å²) in [5.41, 5.74) is 0.535. The fourth-order valence-corrected chi connectivity index (χ4v) is 3.23. The maximum atomic E-state index is 14.5. The van der Waals surface area contributed by atoms with Crippen molar-refractivity contribution < 1.29 is 19.1 Å². The van der Waals surface area contributed by atoms with Crippen LogP contribution in [0.2, 0.25) is 0 Å². The summed E-state index contributed by atoms with van der Waals surface area (Å²) in [7, 11) is 0. The summed E-state index contributed by atoms with van der Waals surface area (Å²) in [6, 6.07) is 13.6. The molecule has 1 N–H and O–H groups in total. The highest BCUT2D eigenvalue weighted by molar-refractivity contribution is 6.46. The quantitative estimate of drug-likeness (QED) is 0.515. The third kappa shape index (κ3) is 3.12. The second-order valence-corrected chi connectivity index (χ2v) is 6.73. The van der Waals surface area contributed by atoms with Crippen LogP contribution >= 0.6 is 0 Å². The second kappa shape index (κ2) is 7.12. The third-order valence-electron chi connectivity index (χ3n) is 4.35. The summed E-state index contributed by atoms with van der Waals surface area (Å²) >= 11 is 0. The SMILES string of the molecule is CC(C)CN1C(=O)C(=O)C(=C(O)c2ccccc2)[C@H]1c1ccccc1F. The van der Waals surface area contributed by atoms with Crippen molar-refractivity contribution in [3.63, 3.8) is 0 Å². The Bertz CT molecular complexity index is 874. The van der Waals surface area contributed by atoms with Gasteiger partial charge >= 0.3 is 0 Å². The molecule has 1 heterocycles. The zero-order valence-electron chi connectivity index (χ0n) is 14.6. The van der Waals surface area contributed by atoms with Gasteiger partial charge < -0.3 is 10.0 Å². The first-order valence-corrected chi connectivity index (χ1v) is 8.50. The molecule has 2 aromatic rings. The van der Waals surface area contributed by atoms with Crippen LogP contribution in [-0.4, -0.2) is 28.2 Å². The Labute approximate surface area is 151 Å². The molecule has 26 heavy (non-hydrogen) atoms. The molecule has 1 fully saturated rings. The van der Waals surface area contributed by atoms with E-state index in [-0.39, 0.29) is 29.4 Å². The second-order valence-electron chi connectivity index (χ2n) is 6.73. The summed E-state index contributed by atoms with van der Waals surface area (Å²) in [5, 5.41) is 10.7. The lowest BCUT2D eigenvalue weighted by Crippen LogP contribution is -2.33. The number of Topliss-reactive ketones (excluding diaryl/α,β-unsaturated/α-hetero) is 1. The molecule has 1 saturated heterocycles. The smallest absolute Gasteiger partial charge is 0.295 e. The van der Waals surface area contributed by atoms with Crippen LogP contribution in [0, 0.1) is 11.7 Å². The topological polar surface area (TPSA) is 57.6 Å². The number of carbonyl (C=O) groups excluding carboxylic acids is 2. The van der Waals surface area contributed by atoms with Crippen LogP contribution in [0.4, 0.5) is 4.39 Å².